The van der Waals surface area contributed by atoms with E-state index >= 15 is 0 Å². The number of hydrogen-bond acceptors (Lipinski definition) is 7. The van der Waals surface area contributed by atoms with Crippen LogP contribution in [0, 0.1) is 26.1 Å². The molecule has 2 aromatic carbocycles. The molecule has 0 radical (unpaired) electrons. The first-order chi connectivity index (χ1) is 13.4. The summed E-state index contributed by atoms with van der Waals surface area (Å²) in [4.78, 5) is 20.9. The molecule has 9 heteroatoms. The molecule has 1 aliphatic rings. The van der Waals surface area contributed by atoms with E-state index in [2.05, 4.69) is 10.5 Å². The van der Waals surface area contributed by atoms with E-state index in [4.69, 9.17) is 0 Å². The van der Waals surface area contributed by atoms with E-state index in [-0.39, 0.29) is 29.4 Å². The largest absolute Gasteiger partial charge is 0.411 e. The third-order valence-corrected chi connectivity index (χ3v) is 5.16. The highest BCUT2D eigenvalue weighted by Gasteiger charge is 2.36. The van der Waals surface area contributed by atoms with Gasteiger partial charge < -0.3 is 10.5 Å². The summed E-state index contributed by atoms with van der Waals surface area (Å²) in [5.41, 5.74) is 2.34. The van der Waals surface area contributed by atoms with Gasteiger partial charge in [0.05, 0.1) is 15.6 Å². The maximum absolute atomic E-state index is 10.9. The van der Waals surface area contributed by atoms with Gasteiger partial charge in [0, 0.05) is 48.7 Å². The standard InChI is InChI=1S/C19H20N4O5/c1-2-16-18(21-24)11-17(12-3-7-14(8-4-12)22(25)26)20-19(16)13-5-9-15(10-6-13)23(27)28/h3-10,16-17,19-20,24H,2,11H2,1H3. The first-order valence-electron chi connectivity index (χ1n) is 8.90. The maximum Gasteiger partial charge on any atom is 0.269 e. The van der Waals surface area contributed by atoms with Crippen LogP contribution >= 0.6 is 0 Å². The summed E-state index contributed by atoms with van der Waals surface area (Å²) in [6, 6.07) is 12.2. The molecule has 0 amide bonds. The lowest BCUT2D eigenvalue weighted by Gasteiger charge is -2.38. The first kappa shape index (κ1) is 19.4. The van der Waals surface area contributed by atoms with Gasteiger partial charge in [-0.15, -0.1) is 0 Å². The Hall–Kier alpha value is -3.33. The number of nitrogens with zero attached hydrogens (tertiary/aromatic N) is 3. The van der Waals surface area contributed by atoms with Crippen molar-refractivity contribution in [1.29, 1.82) is 0 Å². The Morgan fingerprint density at radius 2 is 1.50 bits per heavy atom. The van der Waals surface area contributed by atoms with Crippen molar-refractivity contribution in [2.45, 2.75) is 31.8 Å². The van der Waals surface area contributed by atoms with Gasteiger partial charge in [0.15, 0.2) is 0 Å². The topological polar surface area (TPSA) is 131 Å². The van der Waals surface area contributed by atoms with Gasteiger partial charge in [0.1, 0.15) is 0 Å². The Labute approximate surface area is 161 Å². The van der Waals surface area contributed by atoms with Gasteiger partial charge in [-0.2, -0.15) is 0 Å². The first-order valence-corrected chi connectivity index (χ1v) is 8.90. The quantitative estimate of drug-likeness (QED) is 0.452. The van der Waals surface area contributed by atoms with E-state index in [1.165, 1.54) is 24.3 Å². The van der Waals surface area contributed by atoms with E-state index in [1.54, 1.807) is 24.3 Å². The maximum atomic E-state index is 10.9. The van der Waals surface area contributed by atoms with Crippen LogP contribution in [0.1, 0.15) is 43.0 Å². The van der Waals surface area contributed by atoms with E-state index < -0.39 is 9.85 Å². The second-order valence-electron chi connectivity index (χ2n) is 6.70. The number of oxime groups is 1. The van der Waals surface area contributed by atoms with Crippen LogP contribution in [0.15, 0.2) is 53.7 Å². The summed E-state index contributed by atoms with van der Waals surface area (Å²) in [6.07, 6.45) is 1.19. The summed E-state index contributed by atoms with van der Waals surface area (Å²) in [7, 11) is 0. The number of piperidine rings is 1. The van der Waals surface area contributed by atoms with Gasteiger partial charge in [0.25, 0.3) is 11.4 Å². The molecule has 0 aliphatic carbocycles. The summed E-state index contributed by atoms with van der Waals surface area (Å²) < 4.78 is 0. The van der Waals surface area contributed by atoms with Crippen molar-refractivity contribution in [2.75, 3.05) is 0 Å². The zero-order valence-corrected chi connectivity index (χ0v) is 15.2. The second kappa shape index (κ2) is 8.13. The highest BCUT2D eigenvalue weighted by molar-refractivity contribution is 5.88. The third kappa shape index (κ3) is 3.84. The smallest absolute Gasteiger partial charge is 0.269 e. The van der Waals surface area contributed by atoms with Crippen LogP contribution in [0.4, 0.5) is 11.4 Å². The van der Waals surface area contributed by atoms with E-state index in [0.717, 1.165) is 17.5 Å². The van der Waals surface area contributed by atoms with Crippen molar-refractivity contribution in [3.63, 3.8) is 0 Å². The van der Waals surface area contributed by atoms with Crippen LogP contribution < -0.4 is 5.32 Å². The molecule has 3 atom stereocenters. The molecule has 28 heavy (non-hydrogen) atoms. The molecular weight excluding hydrogens is 364 g/mol. The molecule has 1 heterocycles. The predicted molar refractivity (Wildman–Crippen MR) is 102 cm³/mol. The van der Waals surface area contributed by atoms with Crippen LogP contribution in [0.25, 0.3) is 0 Å². The summed E-state index contributed by atoms with van der Waals surface area (Å²) in [5, 5.41) is 38.3. The lowest BCUT2D eigenvalue weighted by Crippen LogP contribution is -2.42. The van der Waals surface area contributed by atoms with Gasteiger partial charge in [0.2, 0.25) is 0 Å². The molecule has 3 rings (SSSR count). The van der Waals surface area contributed by atoms with Crippen molar-refractivity contribution in [3.05, 3.63) is 79.9 Å². The molecule has 1 fully saturated rings. The van der Waals surface area contributed by atoms with Crippen LogP contribution in [0.3, 0.4) is 0 Å². The fraction of sp³-hybridized carbons (Fsp3) is 0.316. The number of nitro groups is 2. The Kier molecular flexibility index (Phi) is 5.65. The molecule has 146 valence electrons. The monoisotopic (exact) mass is 384 g/mol. The molecule has 1 aliphatic heterocycles. The Bertz CT molecular complexity index is 896. The van der Waals surface area contributed by atoms with E-state index in [9.17, 15) is 25.4 Å². The van der Waals surface area contributed by atoms with E-state index in [0.29, 0.717) is 12.1 Å². The van der Waals surface area contributed by atoms with Crippen LogP contribution in [0.5, 0.6) is 0 Å². The van der Waals surface area contributed by atoms with Crippen LogP contribution in [-0.2, 0) is 0 Å². The lowest BCUT2D eigenvalue weighted by atomic mass is 9.79. The molecule has 0 spiro atoms. The number of non-ortho nitro benzene ring substituents is 2. The second-order valence-corrected chi connectivity index (χ2v) is 6.70. The minimum atomic E-state index is -0.453. The average Bonchev–Trinajstić information content (AvgIpc) is 2.72. The van der Waals surface area contributed by atoms with Crippen molar-refractivity contribution < 1.29 is 15.1 Å². The number of hydrogen-bond donors (Lipinski definition) is 2. The van der Waals surface area contributed by atoms with Gasteiger partial charge in [-0.25, -0.2) is 0 Å². The van der Waals surface area contributed by atoms with Crippen LogP contribution in [-0.4, -0.2) is 20.8 Å². The Morgan fingerprint density at radius 3 is 1.93 bits per heavy atom. The SMILES string of the molecule is CCC1C(=NO)CC(c2ccc([N+](=O)[O-])cc2)NC1c1ccc([N+](=O)[O-])cc1. The molecule has 1 saturated heterocycles. The van der Waals surface area contributed by atoms with Gasteiger partial charge in [-0.05, 0) is 17.5 Å². The van der Waals surface area contributed by atoms with Gasteiger partial charge in [-0.3, -0.25) is 20.2 Å². The number of nitro benzene ring substituents is 2. The molecule has 0 saturated carbocycles. The summed E-state index contributed by atoms with van der Waals surface area (Å²) in [6.45, 7) is 1.99. The predicted octanol–water partition coefficient (Wildman–Crippen LogP) is 4.14. The normalized spacial score (nSPS) is 23.5. The fourth-order valence-corrected chi connectivity index (χ4v) is 3.71. The van der Waals surface area contributed by atoms with Crippen molar-refractivity contribution in [3.8, 4) is 0 Å². The van der Waals surface area contributed by atoms with Crippen LogP contribution in [0.2, 0.25) is 0 Å². The Morgan fingerprint density at radius 1 is 1.00 bits per heavy atom. The fourth-order valence-electron chi connectivity index (χ4n) is 3.71. The third-order valence-electron chi connectivity index (χ3n) is 5.16. The molecule has 0 aromatic heterocycles. The highest BCUT2D eigenvalue weighted by atomic mass is 16.6. The zero-order chi connectivity index (χ0) is 20.3. The van der Waals surface area contributed by atoms with Crippen molar-refractivity contribution in [1.82, 2.24) is 5.32 Å². The average molecular weight is 384 g/mol. The molecule has 2 aromatic rings. The Balaban J connectivity index is 1.93. The minimum Gasteiger partial charge on any atom is -0.411 e. The van der Waals surface area contributed by atoms with Crippen molar-refractivity contribution >= 4 is 17.1 Å². The summed E-state index contributed by atoms with van der Waals surface area (Å²) in [5.74, 6) is -0.0687. The lowest BCUT2D eigenvalue weighted by molar-refractivity contribution is -0.385. The molecule has 0 bridgehead atoms. The number of rotatable bonds is 5. The highest BCUT2D eigenvalue weighted by Crippen LogP contribution is 2.37. The van der Waals surface area contributed by atoms with Gasteiger partial charge >= 0.3 is 0 Å². The number of benzene rings is 2. The molecule has 9 nitrogen and oxygen atoms in total. The molecule has 2 N–H and O–H groups in total. The van der Waals surface area contributed by atoms with Gasteiger partial charge in [-0.1, -0.05) is 36.3 Å². The van der Waals surface area contributed by atoms with E-state index in [1.807, 2.05) is 6.92 Å². The van der Waals surface area contributed by atoms with Crippen molar-refractivity contribution in [2.24, 2.45) is 11.1 Å². The minimum absolute atomic E-state index is 0.00830. The molecule has 3 unspecified atom stereocenters. The molecular formula is C19H20N4O5. The zero-order valence-electron chi connectivity index (χ0n) is 15.2. The summed E-state index contributed by atoms with van der Waals surface area (Å²) >= 11 is 0. The number of nitrogens with one attached hydrogen (secondary N) is 1.